The monoisotopic (exact) mass is 308 g/mol. The van der Waals surface area contributed by atoms with E-state index in [0.717, 1.165) is 5.56 Å². The molecule has 1 N–H and O–H groups in total. The van der Waals surface area contributed by atoms with Gasteiger partial charge in [-0.1, -0.05) is 44.2 Å². The minimum atomic E-state index is -0.457. The van der Waals surface area contributed by atoms with Crippen LogP contribution in [-0.2, 0) is 14.2 Å². The van der Waals surface area contributed by atoms with Crippen molar-refractivity contribution in [3.8, 4) is 0 Å². The van der Waals surface area contributed by atoms with Crippen molar-refractivity contribution in [3.63, 3.8) is 0 Å². The van der Waals surface area contributed by atoms with Crippen LogP contribution in [0.5, 0.6) is 0 Å². The molecule has 4 atom stereocenters. The van der Waals surface area contributed by atoms with Crippen LogP contribution in [0.2, 0.25) is 0 Å². The van der Waals surface area contributed by atoms with Crippen LogP contribution in [0.15, 0.2) is 42.2 Å². The lowest BCUT2D eigenvalue weighted by molar-refractivity contribution is -0.266. The zero-order valence-electron chi connectivity index (χ0n) is 12.1. The van der Waals surface area contributed by atoms with Gasteiger partial charge >= 0.3 is 0 Å². The van der Waals surface area contributed by atoms with Crippen molar-refractivity contribution in [2.75, 3.05) is 6.61 Å². The maximum Gasteiger partial charge on any atom is 0.184 e. The van der Waals surface area contributed by atoms with Gasteiger partial charge in [-0.25, -0.2) is 0 Å². The van der Waals surface area contributed by atoms with E-state index in [9.17, 15) is 5.11 Å². The SMILES string of the molecule is CC(C)SC1C=C(O)C2OC(c3ccccc3)OCC2O1. The Balaban J connectivity index is 1.71. The van der Waals surface area contributed by atoms with Crippen LogP contribution in [-0.4, -0.2) is 34.6 Å². The second kappa shape index (κ2) is 6.40. The van der Waals surface area contributed by atoms with Crippen molar-refractivity contribution in [3.05, 3.63) is 47.7 Å². The van der Waals surface area contributed by atoms with Crippen LogP contribution in [0.1, 0.15) is 25.7 Å². The van der Waals surface area contributed by atoms with Crippen LogP contribution in [0.25, 0.3) is 0 Å². The highest BCUT2D eigenvalue weighted by Gasteiger charge is 2.40. The van der Waals surface area contributed by atoms with E-state index in [-0.39, 0.29) is 17.3 Å². The molecule has 2 heterocycles. The average Bonchev–Trinajstić information content (AvgIpc) is 2.47. The maximum absolute atomic E-state index is 10.2. The number of aliphatic hydroxyl groups is 1. The molecule has 2 aliphatic rings. The standard InChI is InChI=1S/C16H20O4S/c1-10(2)21-14-8-12(17)15-13(19-14)9-18-16(20-15)11-6-4-3-5-7-11/h3-8,10,13-17H,9H2,1-2H3. The first-order chi connectivity index (χ1) is 10.1. The Bertz CT molecular complexity index is 502. The van der Waals surface area contributed by atoms with E-state index >= 15 is 0 Å². The van der Waals surface area contributed by atoms with Crippen molar-refractivity contribution in [1.82, 2.24) is 0 Å². The highest BCUT2D eigenvalue weighted by Crippen LogP contribution is 2.36. The number of hydrogen-bond acceptors (Lipinski definition) is 5. The van der Waals surface area contributed by atoms with E-state index in [1.54, 1.807) is 17.8 Å². The molecule has 5 heteroatoms. The number of benzene rings is 1. The summed E-state index contributed by atoms with van der Waals surface area (Å²) in [6, 6.07) is 9.73. The second-order valence-corrected chi connectivity index (χ2v) is 7.13. The molecule has 1 aromatic rings. The van der Waals surface area contributed by atoms with Crippen molar-refractivity contribution in [2.24, 2.45) is 0 Å². The van der Waals surface area contributed by atoms with Gasteiger partial charge in [-0.2, -0.15) is 0 Å². The van der Waals surface area contributed by atoms with Gasteiger partial charge in [-0.15, -0.1) is 11.8 Å². The zero-order valence-corrected chi connectivity index (χ0v) is 13.0. The van der Waals surface area contributed by atoms with Crippen molar-refractivity contribution >= 4 is 11.8 Å². The molecule has 0 spiro atoms. The fourth-order valence-electron chi connectivity index (χ4n) is 2.47. The summed E-state index contributed by atoms with van der Waals surface area (Å²) in [6.45, 7) is 4.62. The predicted octanol–water partition coefficient (Wildman–Crippen LogP) is 3.41. The lowest BCUT2D eigenvalue weighted by Crippen LogP contribution is -2.47. The number of fused-ring (bicyclic) bond motifs is 1. The van der Waals surface area contributed by atoms with E-state index in [1.165, 1.54) is 0 Å². The molecule has 0 saturated carbocycles. The Hall–Kier alpha value is -1.01. The summed E-state index contributed by atoms with van der Waals surface area (Å²) in [7, 11) is 0. The molecule has 1 fully saturated rings. The predicted molar refractivity (Wildman–Crippen MR) is 82.1 cm³/mol. The van der Waals surface area contributed by atoms with E-state index in [2.05, 4.69) is 13.8 Å². The van der Waals surface area contributed by atoms with Crippen LogP contribution in [0.4, 0.5) is 0 Å². The first-order valence-corrected chi connectivity index (χ1v) is 8.11. The molecule has 0 aliphatic carbocycles. The van der Waals surface area contributed by atoms with Gasteiger partial charge in [0.1, 0.15) is 23.4 Å². The van der Waals surface area contributed by atoms with Gasteiger partial charge in [-0.3, -0.25) is 0 Å². The summed E-state index contributed by atoms with van der Waals surface area (Å²) < 4.78 is 17.5. The number of aliphatic hydroxyl groups excluding tert-OH is 1. The first kappa shape index (κ1) is 14.9. The Morgan fingerprint density at radius 3 is 2.67 bits per heavy atom. The summed E-state index contributed by atoms with van der Waals surface area (Å²) in [6.07, 6.45) is 0.569. The molecule has 0 aromatic heterocycles. The van der Waals surface area contributed by atoms with E-state index < -0.39 is 12.4 Å². The molecule has 4 nitrogen and oxygen atoms in total. The third-order valence-electron chi connectivity index (χ3n) is 3.41. The summed E-state index contributed by atoms with van der Waals surface area (Å²) in [4.78, 5) is 0. The van der Waals surface area contributed by atoms with E-state index in [4.69, 9.17) is 14.2 Å². The van der Waals surface area contributed by atoms with Gasteiger partial charge in [0.05, 0.1) is 6.61 Å². The fraction of sp³-hybridized carbons (Fsp3) is 0.500. The highest BCUT2D eigenvalue weighted by molar-refractivity contribution is 8.00. The Morgan fingerprint density at radius 1 is 1.19 bits per heavy atom. The number of rotatable bonds is 3. The molecule has 0 radical (unpaired) electrons. The molecule has 0 amide bonds. The summed E-state index contributed by atoms with van der Waals surface area (Å²) >= 11 is 1.66. The van der Waals surface area contributed by atoms with Crippen LogP contribution in [0, 0.1) is 0 Å². The average molecular weight is 308 g/mol. The molecule has 2 aliphatic heterocycles. The van der Waals surface area contributed by atoms with Crippen LogP contribution < -0.4 is 0 Å². The molecule has 1 saturated heterocycles. The molecule has 114 valence electrons. The summed E-state index contributed by atoms with van der Waals surface area (Å²) in [5, 5.41) is 10.7. The second-order valence-electron chi connectivity index (χ2n) is 5.45. The number of hydrogen-bond donors (Lipinski definition) is 1. The van der Waals surface area contributed by atoms with Crippen LogP contribution >= 0.6 is 11.8 Å². The van der Waals surface area contributed by atoms with Gasteiger partial charge in [0.15, 0.2) is 6.29 Å². The molecular weight excluding hydrogens is 288 g/mol. The minimum absolute atomic E-state index is 0.147. The Morgan fingerprint density at radius 2 is 1.95 bits per heavy atom. The van der Waals surface area contributed by atoms with Gasteiger partial charge in [0, 0.05) is 10.8 Å². The van der Waals surface area contributed by atoms with Crippen molar-refractivity contribution in [2.45, 2.75) is 43.0 Å². The van der Waals surface area contributed by atoms with E-state index in [1.807, 2.05) is 30.3 Å². The number of ether oxygens (including phenoxy) is 3. The lowest BCUT2D eigenvalue weighted by atomic mass is 10.1. The highest BCUT2D eigenvalue weighted by atomic mass is 32.2. The Labute approximate surface area is 129 Å². The maximum atomic E-state index is 10.2. The summed E-state index contributed by atoms with van der Waals surface area (Å²) in [5.41, 5.74) is 0.800. The zero-order chi connectivity index (χ0) is 14.8. The van der Waals surface area contributed by atoms with Gasteiger partial charge in [0.2, 0.25) is 0 Å². The third kappa shape index (κ3) is 3.43. The largest absolute Gasteiger partial charge is 0.510 e. The lowest BCUT2D eigenvalue weighted by Gasteiger charge is -2.40. The minimum Gasteiger partial charge on any atom is -0.510 e. The third-order valence-corrected chi connectivity index (χ3v) is 4.46. The summed E-state index contributed by atoms with van der Waals surface area (Å²) in [5.74, 6) is 0.244. The number of thioether (sulfide) groups is 1. The molecule has 3 rings (SSSR count). The van der Waals surface area contributed by atoms with Gasteiger partial charge < -0.3 is 19.3 Å². The molecule has 4 unspecified atom stereocenters. The van der Waals surface area contributed by atoms with Gasteiger partial charge in [-0.05, 0) is 6.08 Å². The van der Waals surface area contributed by atoms with Crippen LogP contribution in [0.3, 0.4) is 0 Å². The first-order valence-electron chi connectivity index (χ1n) is 7.17. The molecular formula is C16H20O4S. The quantitative estimate of drug-likeness (QED) is 0.927. The van der Waals surface area contributed by atoms with Crippen molar-refractivity contribution < 1.29 is 19.3 Å². The molecule has 1 aromatic carbocycles. The van der Waals surface area contributed by atoms with E-state index in [0.29, 0.717) is 11.9 Å². The van der Waals surface area contributed by atoms with Gasteiger partial charge in [0.25, 0.3) is 0 Å². The molecule has 21 heavy (non-hydrogen) atoms. The smallest absolute Gasteiger partial charge is 0.184 e. The fourth-order valence-corrected chi connectivity index (χ4v) is 3.43. The Kier molecular flexibility index (Phi) is 4.54. The molecule has 0 bridgehead atoms. The topological polar surface area (TPSA) is 47.9 Å². The van der Waals surface area contributed by atoms with Crippen molar-refractivity contribution in [1.29, 1.82) is 0 Å². The normalized spacial score (nSPS) is 32.6.